The quantitative estimate of drug-likeness (QED) is 0.909. The number of hydrogen-bond acceptors (Lipinski definition) is 4. The number of rotatable bonds is 4. The number of aromatic nitrogens is 2. The Morgan fingerprint density at radius 1 is 1.17 bits per heavy atom. The van der Waals surface area contributed by atoms with Crippen molar-refractivity contribution in [2.24, 2.45) is 0 Å². The number of hydrogen-bond donors (Lipinski definition) is 1. The molecule has 0 atom stereocenters. The average Bonchev–Trinajstić information content (AvgIpc) is 2.78. The molecular formula is C14H19N3S. The Balaban J connectivity index is 2.54. The van der Waals surface area contributed by atoms with Gasteiger partial charge in [0.1, 0.15) is 11.6 Å². The summed E-state index contributed by atoms with van der Waals surface area (Å²) in [5.74, 6) is 1.86. The van der Waals surface area contributed by atoms with Crippen LogP contribution in [0.4, 0.5) is 5.82 Å². The van der Waals surface area contributed by atoms with Gasteiger partial charge in [0.25, 0.3) is 0 Å². The Labute approximate surface area is 112 Å². The lowest BCUT2D eigenvalue weighted by Crippen LogP contribution is -2.07. The lowest BCUT2D eigenvalue weighted by molar-refractivity contribution is 0.931. The van der Waals surface area contributed by atoms with Crippen LogP contribution >= 0.6 is 11.3 Å². The molecule has 0 saturated heterocycles. The van der Waals surface area contributed by atoms with Gasteiger partial charge in [-0.2, -0.15) is 0 Å². The van der Waals surface area contributed by atoms with Gasteiger partial charge in [-0.05, 0) is 32.9 Å². The highest BCUT2D eigenvalue weighted by Crippen LogP contribution is 2.31. The molecule has 3 nitrogen and oxygen atoms in total. The zero-order valence-electron chi connectivity index (χ0n) is 11.4. The first-order valence-electron chi connectivity index (χ1n) is 6.33. The third-order valence-corrected chi connectivity index (χ3v) is 3.83. The largest absolute Gasteiger partial charge is 0.370 e. The monoisotopic (exact) mass is 261 g/mol. The lowest BCUT2D eigenvalue weighted by Gasteiger charge is -2.11. The number of thiophene rings is 1. The third-order valence-electron chi connectivity index (χ3n) is 2.83. The van der Waals surface area contributed by atoms with Gasteiger partial charge < -0.3 is 5.32 Å². The van der Waals surface area contributed by atoms with Crippen LogP contribution in [0, 0.1) is 13.8 Å². The normalized spacial score (nSPS) is 10.7. The summed E-state index contributed by atoms with van der Waals surface area (Å²) in [4.78, 5) is 11.8. The zero-order chi connectivity index (χ0) is 13.1. The molecular weight excluding hydrogens is 242 g/mol. The molecule has 0 aliphatic rings. The van der Waals surface area contributed by atoms with Crippen molar-refractivity contribution in [2.75, 3.05) is 11.9 Å². The van der Waals surface area contributed by atoms with E-state index in [9.17, 15) is 0 Å². The molecule has 0 fully saturated rings. The predicted octanol–water partition coefficient (Wildman–Crippen LogP) is 3.82. The molecule has 0 saturated carbocycles. The maximum Gasteiger partial charge on any atom is 0.133 e. The molecule has 0 amide bonds. The number of aryl methyl sites for hydroxylation is 2. The minimum Gasteiger partial charge on any atom is -0.370 e. The van der Waals surface area contributed by atoms with E-state index in [0.29, 0.717) is 0 Å². The standard InChI is InChI=1S/C14H19N3S/c1-5-12-16-13(11-8-7-9(3)18-11)10(4)14(17-12)15-6-2/h7-8H,5-6H2,1-4H3,(H,15,16,17). The van der Waals surface area contributed by atoms with Crippen molar-refractivity contribution >= 4 is 17.2 Å². The number of nitrogens with one attached hydrogen (secondary N) is 1. The molecule has 4 heteroatoms. The van der Waals surface area contributed by atoms with Crippen LogP contribution in [-0.4, -0.2) is 16.5 Å². The SMILES string of the molecule is CCNc1nc(CC)nc(-c2ccc(C)s2)c1C. The second-order valence-corrected chi connectivity index (χ2v) is 5.54. The van der Waals surface area contributed by atoms with Gasteiger partial charge in [0, 0.05) is 23.4 Å². The molecule has 0 unspecified atom stereocenters. The van der Waals surface area contributed by atoms with Crippen molar-refractivity contribution in [1.82, 2.24) is 9.97 Å². The van der Waals surface area contributed by atoms with Crippen molar-refractivity contribution in [3.05, 3.63) is 28.4 Å². The second-order valence-electron chi connectivity index (χ2n) is 4.26. The summed E-state index contributed by atoms with van der Waals surface area (Å²) < 4.78 is 0. The van der Waals surface area contributed by atoms with Crippen LogP contribution in [-0.2, 0) is 6.42 Å². The Morgan fingerprint density at radius 3 is 2.50 bits per heavy atom. The lowest BCUT2D eigenvalue weighted by atomic mass is 10.2. The third kappa shape index (κ3) is 2.53. The van der Waals surface area contributed by atoms with E-state index >= 15 is 0 Å². The van der Waals surface area contributed by atoms with Crippen LogP contribution in [0.15, 0.2) is 12.1 Å². The molecule has 1 N–H and O–H groups in total. The Hall–Kier alpha value is -1.42. The van der Waals surface area contributed by atoms with Crippen LogP contribution in [0.2, 0.25) is 0 Å². The van der Waals surface area contributed by atoms with Crippen molar-refractivity contribution in [3.8, 4) is 10.6 Å². The topological polar surface area (TPSA) is 37.8 Å². The highest BCUT2D eigenvalue weighted by molar-refractivity contribution is 7.15. The fourth-order valence-electron chi connectivity index (χ4n) is 1.86. The summed E-state index contributed by atoms with van der Waals surface area (Å²) >= 11 is 1.78. The molecule has 0 aliphatic carbocycles. The molecule has 2 rings (SSSR count). The molecule has 0 radical (unpaired) electrons. The van der Waals surface area contributed by atoms with E-state index in [1.807, 2.05) is 0 Å². The highest BCUT2D eigenvalue weighted by Gasteiger charge is 2.12. The molecule has 0 aliphatic heterocycles. The van der Waals surface area contributed by atoms with E-state index < -0.39 is 0 Å². The van der Waals surface area contributed by atoms with E-state index in [2.05, 4.69) is 55.1 Å². The van der Waals surface area contributed by atoms with E-state index in [0.717, 1.165) is 35.9 Å². The molecule has 0 bridgehead atoms. The van der Waals surface area contributed by atoms with Crippen molar-refractivity contribution in [3.63, 3.8) is 0 Å². The van der Waals surface area contributed by atoms with Gasteiger partial charge in [-0.1, -0.05) is 6.92 Å². The van der Waals surface area contributed by atoms with E-state index in [-0.39, 0.29) is 0 Å². The van der Waals surface area contributed by atoms with Crippen LogP contribution in [0.3, 0.4) is 0 Å². The van der Waals surface area contributed by atoms with Gasteiger partial charge >= 0.3 is 0 Å². The van der Waals surface area contributed by atoms with Crippen LogP contribution in [0.1, 0.15) is 30.1 Å². The van der Waals surface area contributed by atoms with Gasteiger partial charge in [0.15, 0.2) is 0 Å². The molecule has 2 aromatic rings. The average molecular weight is 261 g/mol. The van der Waals surface area contributed by atoms with Crippen molar-refractivity contribution in [2.45, 2.75) is 34.1 Å². The van der Waals surface area contributed by atoms with Gasteiger partial charge in [0.2, 0.25) is 0 Å². The summed E-state index contributed by atoms with van der Waals surface area (Å²) in [5.41, 5.74) is 2.20. The molecule has 2 heterocycles. The van der Waals surface area contributed by atoms with Crippen molar-refractivity contribution in [1.29, 1.82) is 0 Å². The second kappa shape index (κ2) is 5.48. The highest BCUT2D eigenvalue weighted by atomic mass is 32.1. The van der Waals surface area contributed by atoms with Crippen LogP contribution in [0.5, 0.6) is 0 Å². The maximum absolute atomic E-state index is 4.68. The van der Waals surface area contributed by atoms with Gasteiger partial charge in [-0.3, -0.25) is 0 Å². The first-order chi connectivity index (χ1) is 8.65. The van der Waals surface area contributed by atoms with E-state index in [1.165, 1.54) is 9.75 Å². The Morgan fingerprint density at radius 2 is 1.94 bits per heavy atom. The van der Waals surface area contributed by atoms with Gasteiger partial charge in [-0.15, -0.1) is 11.3 Å². The first kappa shape index (κ1) is 13.0. The molecule has 0 aromatic carbocycles. The number of nitrogens with zero attached hydrogens (tertiary/aromatic N) is 2. The molecule has 96 valence electrons. The summed E-state index contributed by atoms with van der Waals surface area (Å²) in [7, 11) is 0. The predicted molar refractivity (Wildman–Crippen MR) is 78.4 cm³/mol. The molecule has 2 aromatic heterocycles. The minimum atomic E-state index is 0.857. The van der Waals surface area contributed by atoms with Crippen molar-refractivity contribution < 1.29 is 0 Å². The molecule has 18 heavy (non-hydrogen) atoms. The Kier molecular flexibility index (Phi) is 3.97. The zero-order valence-corrected chi connectivity index (χ0v) is 12.2. The fraction of sp³-hybridized carbons (Fsp3) is 0.429. The van der Waals surface area contributed by atoms with E-state index in [4.69, 9.17) is 0 Å². The first-order valence-corrected chi connectivity index (χ1v) is 7.15. The smallest absolute Gasteiger partial charge is 0.133 e. The minimum absolute atomic E-state index is 0.857. The Bertz CT molecular complexity index is 546. The van der Waals surface area contributed by atoms with Gasteiger partial charge in [0.05, 0.1) is 10.6 Å². The van der Waals surface area contributed by atoms with Crippen LogP contribution in [0.25, 0.3) is 10.6 Å². The summed E-state index contributed by atoms with van der Waals surface area (Å²) in [6.45, 7) is 9.26. The summed E-state index contributed by atoms with van der Waals surface area (Å²) in [6, 6.07) is 4.28. The summed E-state index contributed by atoms with van der Waals surface area (Å²) in [6.07, 6.45) is 0.857. The van der Waals surface area contributed by atoms with Crippen LogP contribution < -0.4 is 5.32 Å². The summed E-state index contributed by atoms with van der Waals surface area (Å²) in [5, 5.41) is 3.32. The van der Waals surface area contributed by atoms with Gasteiger partial charge in [-0.25, -0.2) is 9.97 Å². The maximum atomic E-state index is 4.68. The van der Waals surface area contributed by atoms with E-state index in [1.54, 1.807) is 11.3 Å². The number of anilines is 1. The molecule has 0 spiro atoms. The fourth-order valence-corrected chi connectivity index (χ4v) is 2.78.